The third kappa shape index (κ3) is 2.97. The van der Waals surface area contributed by atoms with Crippen LogP contribution in [0.25, 0.3) is 0 Å². The lowest BCUT2D eigenvalue weighted by atomic mass is 10.3. The average Bonchev–Trinajstić information content (AvgIpc) is 2.81. The fraction of sp³-hybridized carbons (Fsp3) is 0.500. The summed E-state index contributed by atoms with van der Waals surface area (Å²) in [6, 6.07) is 0.907. The molecule has 0 spiro atoms. The van der Waals surface area contributed by atoms with Gasteiger partial charge in [-0.2, -0.15) is 4.31 Å². The molecule has 1 atom stereocenters. The zero-order valence-corrected chi connectivity index (χ0v) is 11.5. The first-order valence-corrected chi connectivity index (χ1v) is 6.75. The molecule has 5 nitrogen and oxygen atoms in total. The van der Waals surface area contributed by atoms with Crippen molar-refractivity contribution in [3.63, 3.8) is 0 Å². The van der Waals surface area contributed by atoms with E-state index in [1.54, 1.807) is 0 Å². The Balaban J connectivity index is 0.00000162. The zero-order chi connectivity index (χ0) is 12.5. The number of halogens is 2. The second-order valence-electron chi connectivity index (χ2n) is 4.01. The van der Waals surface area contributed by atoms with Gasteiger partial charge in [0.05, 0.1) is 6.20 Å². The van der Waals surface area contributed by atoms with Gasteiger partial charge in [-0.1, -0.05) is 0 Å². The molecule has 2 heterocycles. The summed E-state index contributed by atoms with van der Waals surface area (Å²) in [4.78, 5) is 3.46. The smallest absolute Gasteiger partial charge is 0.244 e. The maximum Gasteiger partial charge on any atom is 0.244 e. The van der Waals surface area contributed by atoms with E-state index in [0.717, 1.165) is 31.4 Å². The number of hydrogen-bond acceptors (Lipinski definition) is 4. The van der Waals surface area contributed by atoms with E-state index in [9.17, 15) is 12.8 Å². The van der Waals surface area contributed by atoms with Crippen LogP contribution in [-0.4, -0.2) is 43.9 Å². The Morgan fingerprint density at radius 2 is 2.22 bits per heavy atom. The molecule has 1 aromatic rings. The van der Waals surface area contributed by atoms with Crippen LogP contribution >= 0.6 is 12.4 Å². The molecule has 18 heavy (non-hydrogen) atoms. The molecule has 102 valence electrons. The highest BCUT2D eigenvalue weighted by molar-refractivity contribution is 7.89. The van der Waals surface area contributed by atoms with Gasteiger partial charge in [0.2, 0.25) is 10.0 Å². The Hall–Kier alpha value is -0.760. The van der Waals surface area contributed by atoms with Gasteiger partial charge in [-0.25, -0.2) is 12.8 Å². The number of nitrogens with zero attached hydrogens (tertiary/aromatic N) is 2. The molecule has 1 aliphatic heterocycles. The lowest BCUT2D eigenvalue weighted by molar-refractivity contribution is 0.387. The van der Waals surface area contributed by atoms with Crippen molar-refractivity contribution in [2.75, 3.05) is 20.1 Å². The molecule has 0 radical (unpaired) electrons. The van der Waals surface area contributed by atoms with Gasteiger partial charge in [0.15, 0.2) is 0 Å². The lowest BCUT2D eigenvalue weighted by Crippen LogP contribution is -2.38. The average molecular weight is 296 g/mol. The second kappa shape index (κ2) is 5.92. The van der Waals surface area contributed by atoms with Crippen LogP contribution in [0.2, 0.25) is 0 Å². The number of sulfonamides is 1. The third-order valence-electron chi connectivity index (χ3n) is 2.91. The minimum absolute atomic E-state index is 0. The summed E-state index contributed by atoms with van der Waals surface area (Å²) in [5.41, 5.74) is 0. The summed E-state index contributed by atoms with van der Waals surface area (Å²) < 4.78 is 38.6. The molecule has 2 rings (SSSR count). The van der Waals surface area contributed by atoms with Crippen molar-refractivity contribution < 1.29 is 12.8 Å². The molecule has 1 unspecified atom stereocenters. The molecule has 0 bridgehead atoms. The summed E-state index contributed by atoms with van der Waals surface area (Å²) in [5.74, 6) is -0.649. The standard InChI is InChI=1S/C10H14FN3O2S.ClH/c1-14(9-2-3-12-6-9)17(15,16)10-4-8(11)5-13-7-10;/h4-5,7,9,12H,2-3,6H2,1H3;1H. The van der Waals surface area contributed by atoms with Crippen molar-refractivity contribution in [1.82, 2.24) is 14.6 Å². The van der Waals surface area contributed by atoms with E-state index in [1.165, 1.54) is 11.4 Å². The molecule has 0 amide bonds. The minimum Gasteiger partial charge on any atom is -0.315 e. The molecule has 8 heteroatoms. The van der Waals surface area contributed by atoms with Gasteiger partial charge in [0, 0.05) is 25.8 Å². The van der Waals surface area contributed by atoms with Gasteiger partial charge in [-0.3, -0.25) is 4.98 Å². The SMILES string of the molecule is CN(C1CCNC1)S(=O)(=O)c1cncc(F)c1.Cl. The van der Waals surface area contributed by atoms with Gasteiger partial charge in [0.1, 0.15) is 10.7 Å². The highest BCUT2D eigenvalue weighted by Gasteiger charge is 2.30. The van der Waals surface area contributed by atoms with Crippen LogP contribution < -0.4 is 5.32 Å². The van der Waals surface area contributed by atoms with Crippen molar-refractivity contribution in [2.45, 2.75) is 17.4 Å². The van der Waals surface area contributed by atoms with E-state index >= 15 is 0 Å². The molecule has 1 N–H and O–H groups in total. The second-order valence-corrected chi connectivity index (χ2v) is 6.00. The van der Waals surface area contributed by atoms with E-state index in [-0.39, 0.29) is 23.3 Å². The van der Waals surface area contributed by atoms with Crippen LogP contribution in [0.5, 0.6) is 0 Å². The normalized spacial score (nSPS) is 19.8. The Labute approximate surface area is 112 Å². The first kappa shape index (κ1) is 15.3. The Bertz CT molecular complexity index is 506. The molecule has 0 aromatic carbocycles. The van der Waals surface area contributed by atoms with Crippen LogP contribution in [0.4, 0.5) is 4.39 Å². The van der Waals surface area contributed by atoms with Crippen LogP contribution in [0.1, 0.15) is 6.42 Å². The van der Waals surface area contributed by atoms with Gasteiger partial charge in [0.25, 0.3) is 0 Å². The molecular weight excluding hydrogens is 281 g/mol. The summed E-state index contributed by atoms with van der Waals surface area (Å²) in [7, 11) is -2.14. The number of hydrogen-bond donors (Lipinski definition) is 1. The summed E-state index contributed by atoms with van der Waals surface area (Å²) in [5, 5.41) is 3.09. The number of rotatable bonds is 3. The number of aromatic nitrogens is 1. The monoisotopic (exact) mass is 295 g/mol. The van der Waals surface area contributed by atoms with Crippen molar-refractivity contribution in [3.8, 4) is 0 Å². The van der Waals surface area contributed by atoms with E-state index in [4.69, 9.17) is 0 Å². The van der Waals surface area contributed by atoms with Crippen LogP contribution in [-0.2, 0) is 10.0 Å². The highest BCUT2D eigenvalue weighted by atomic mass is 35.5. The van der Waals surface area contributed by atoms with Gasteiger partial charge in [-0.15, -0.1) is 12.4 Å². The Kier molecular flexibility index (Phi) is 5.03. The third-order valence-corrected chi connectivity index (χ3v) is 4.78. The van der Waals surface area contributed by atoms with Crippen LogP contribution in [0, 0.1) is 5.82 Å². The van der Waals surface area contributed by atoms with Crippen LogP contribution in [0.15, 0.2) is 23.4 Å². The van der Waals surface area contributed by atoms with E-state index in [1.807, 2.05) is 0 Å². The van der Waals surface area contributed by atoms with E-state index in [0.29, 0.717) is 6.54 Å². The predicted molar refractivity (Wildman–Crippen MR) is 67.7 cm³/mol. The minimum atomic E-state index is -3.65. The van der Waals surface area contributed by atoms with Crippen molar-refractivity contribution in [1.29, 1.82) is 0 Å². The summed E-state index contributed by atoms with van der Waals surface area (Å²) >= 11 is 0. The topological polar surface area (TPSA) is 62.3 Å². The number of pyridine rings is 1. The maximum atomic E-state index is 13.0. The summed E-state index contributed by atoms with van der Waals surface area (Å²) in [6.45, 7) is 1.42. The van der Waals surface area contributed by atoms with E-state index < -0.39 is 15.8 Å². The predicted octanol–water partition coefficient (Wildman–Crippen LogP) is 0.625. The molecular formula is C10H15ClFN3O2S. The molecule has 1 saturated heterocycles. The maximum absolute atomic E-state index is 13.0. The van der Waals surface area contributed by atoms with Crippen molar-refractivity contribution in [3.05, 3.63) is 24.3 Å². The number of nitrogens with one attached hydrogen (secondary N) is 1. The first-order chi connectivity index (χ1) is 8.01. The Morgan fingerprint density at radius 3 is 2.78 bits per heavy atom. The largest absolute Gasteiger partial charge is 0.315 e. The molecule has 0 aliphatic carbocycles. The Morgan fingerprint density at radius 1 is 1.50 bits per heavy atom. The quantitative estimate of drug-likeness (QED) is 0.888. The van der Waals surface area contributed by atoms with Crippen LogP contribution in [0.3, 0.4) is 0 Å². The van der Waals surface area contributed by atoms with Gasteiger partial charge < -0.3 is 5.32 Å². The van der Waals surface area contributed by atoms with E-state index in [2.05, 4.69) is 10.3 Å². The summed E-state index contributed by atoms with van der Waals surface area (Å²) in [6.07, 6.45) is 2.91. The highest BCUT2D eigenvalue weighted by Crippen LogP contribution is 2.18. The molecule has 1 aliphatic rings. The molecule has 1 fully saturated rings. The van der Waals surface area contributed by atoms with Gasteiger partial charge in [-0.05, 0) is 19.0 Å². The van der Waals surface area contributed by atoms with Crippen molar-refractivity contribution >= 4 is 22.4 Å². The van der Waals surface area contributed by atoms with Gasteiger partial charge >= 0.3 is 0 Å². The number of likely N-dealkylation sites (N-methyl/N-ethyl adjacent to an activating group) is 1. The fourth-order valence-electron chi connectivity index (χ4n) is 1.85. The molecule has 0 saturated carbocycles. The fourth-order valence-corrected chi connectivity index (χ4v) is 3.21. The van der Waals surface area contributed by atoms with Crippen molar-refractivity contribution in [2.24, 2.45) is 0 Å². The lowest BCUT2D eigenvalue weighted by Gasteiger charge is -2.22. The molecule has 1 aromatic heterocycles. The zero-order valence-electron chi connectivity index (χ0n) is 9.84. The first-order valence-electron chi connectivity index (χ1n) is 5.31.